The second-order valence-electron chi connectivity index (χ2n) is 4.36. The van der Waals surface area contributed by atoms with E-state index in [1.807, 2.05) is 35.9 Å². The number of pyridine rings is 1. The third-order valence-corrected chi connectivity index (χ3v) is 3.11. The molecular formula is C14H14N4O. The van der Waals surface area contributed by atoms with Crippen molar-refractivity contribution in [3.63, 3.8) is 0 Å². The average molecular weight is 254 g/mol. The zero-order valence-corrected chi connectivity index (χ0v) is 10.8. The Balaban J connectivity index is 2.21. The van der Waals surface area contributed by atoms with Crippen LogP contribution in [0.3, 0.4) is 0 Å². The van der Waals surface area contributed by atoms with E-state index >= 15 is 0 Å². The SMILES string of the molecule is COc1cncc(-c2nc3cc(N)ccc3n2C)c1. The second kappa shape index (κ2) is 4.28. The molecule has 3 aromatic rings. The molecule has 96 valence electrons. The number of aromatic nitrogens is 3. The molecule has 0 aliphatic heterocycles. The second-order valence-corrected chi connectivity index (χ2v) is 4.36. The number of hydrogen-bond donors (Lipinski definition) is 1. The Labute approximate surface area is 110 Å². The molecule has 5 heteroatoms. The number of nitrogens with zero attached hydrogens (tertiary/aromatic N) is 3. The highest BCUT2D eigenvalue weighted by Crippen LogP contribution is 2.26. The van der Waals surface area contributed by atoms with Crippen LogP contribution in [-0.2, 0) is 7.05 Å². The molecule has 0 saturated carbocycles. The van der Waals surface area contributed by atoms with Crippen LogP contribution in [0.2, 0.25) is 0 Å². The molecule has 2 aromatic heterocycles. The number of benzene rings is 1. The smallest absolute Gasteiger partial charge is 0.142 e. The average Bonchev–Trinajstić information content (AvgIpc) is 2.75. The van der Waals surface area contributed by atoms with Gasteiger partial charge in [-0.2, -0.15) is 0 Å². The van der Waals surface area contributed by atoms with Crippen LogP contribution in [0.1, 0.15) is 0 Å². The zero-order chi connectivity index (χ0) is 13.4. The number of imidazole rings is 1. The van der Waals surface area contributed by atoms with Gasteiger partial charge in [0.1, 0.15) is 11.6 Å². The number of fused-ring (bicyclic) bond motifs is 1. The fourth-order valence-electron chi connectivity index (χ4n) is 2.13. The van der Waals surface area contributed by atoms with Crippen molar-refractivity contribution < 1.29 is 4.74 Å². The van der Waals surface area contributed by atoms with E-state index in [-0.39, 0.29) is 0 Å². The van der Waals surface area contributed by atoms with Crippen molar-refractivity contribution in [1.29, 1.82) is 0 Å². The van der Waals surface area contributed by atoms with Gasteiger partial charge in [0.25, 0.3) is 0 Å². The number of nitrogen functional groups attached to an aromatic ring is 1. The van der Waals surface area contributed by atoms with Crippen LogP contribution in [0.5, 0.6) is 5.75 Å². The molecular weight excluding hydrogens is 240 g/mol. The predicted octanol–water partition coefficient (Wildman–Crippen LogP) is 2.23. The van der Waals surface area contributed by atoms with Gasteiger partial charge in [-0.1, -0.05) is 0 Å². The molecule has 1 aromatic carbocycles. The van der Waals surface area contributed by atoms with Crippen molar-refractivity contribution in [3.8, 4) is 17.1 Å². The predicted molar refractivity (Wildman–Crippen MR) is 74.9 cm³/mol. The number of nitrogens with two attached hydrogens (primary N) is 1. The van der Waals surface area contributed by atoms with E-state index in [1.54, 1.807) is 19.5 Å². The first-order chi connectivity index (χ1) is 9.19. The number of hydrogen-bond acceptors (Lipinski definition) is 4. The van der Waals surface area contributed by atoms with Crippen molar-refractivity contribution in [3.05, 3.63) is 36.7 Å². The molecule has 0 unspecified atom stereocenters. The number of methoxy groups -OCH3 is 1. The Kier molecular flexibility index (Phi) is 2.59. The van der Waals surface area contributed by atoms with Gasteiger partial charge in [-0.15, -0.1) is 0 Å². The Hall–Kier alpha value is -2.56. The molecule has 0 saturated heterocycles. The van der Waals surface area contributed by atoms with Gasteiger partial charge in [0.05, 0.1) is 24.3 Å². The summed E-state index contributed by atoms with van der Waals surface area (Å²) < 4.78 is 7.21. The molecule has 0 aliphatic rings. The Morgan fingerprint density at radius 3 is 2.84 bits per heavy atom. The molecule has 3 rings (SSSR count). The summed E-state index contributed by atoms with van der Waals surface area (Å²) in [5.41, 5.74) is 9.32. The quantitative estimate of drug-likeness (QED) is 0.712. The molecule has 5 nitrogen and oxygen atoms in total. The van der Waals surface area contributed by atoms with Gasteiger partial charge in [-0.05, 0) is 24.3 Å². The third-order valence-electron chi connectivity index (χ3n) is 3.11. The first-order valence-electron chi connectivity index (χ1n) is 5.90. The highest BCUT2D eigenvalue weighted by molar-refractivity contribution is 5.83. The van der Waals surface area contributed by atoms with Gasteiger partial charge < -0.3 is 15.0 Å². The lowest BCUT2D eigenvalue weighted by Crippen LogP contribution is -1.94. The molecule has 0 atom stereocenters. The first-order valence-corrected chi connectivity index (χ1v) is 5.90. The Morgan fingerprint density at radius 1 is 1.21 bits per heavy atom. The van der Waals surface area contributed by atoms with E-state index in [1.165, 1.54) is 0 Å². The lowest BCUT2D eigenvalue weighted by molar-refractivity contribution is 0.413. The molecule has 2 N–H and O–H groups in total. The lowest BCUT2D eigenvalue weighted by Gasteiger charge is -2.04. The minimum Gasteiger partial charge on any atom is -0.495 e. The van der Waals surface area contributed by atoms with Crippen LogP contribution in [0.25, 0.3) is 22.4 Å². The van der Waals surface area contributed by atoms with Crippen LogP contribution in [-0.4, -0.2) is 21.6 Å². The van der Waals surface area contributed by atoms with Crippen molar-refractivity contribution in [2.75, 3.05) is 12.8 Å². The summed E-state index contributed by atoms with van der Waals surface area (Å²) in [5.74, 6) is 1.55. The van der Waals surface area contributed by atoms with Crippen molar-refractivity contribution in [2.45, 2.75) is 0 Å². The Morgan fingerprint density at radius 2 is 2.05 bits per heavy atom. The van der Waals surface area contributed by atoms with Crippen LogP contribution < -0.4 is 10.5 Å². The van der Waals surface area contributed by atoms with Crippen molar-refractivity contribution in [2.24, 2.45) is 7.05 Å². The molecule has 0 fully saturated rings. The third kappa shape index (κ3) is 1.89. The normalized spacial score (nSPS) is 10.8. The highest BCUT2D eigenvalue weighted by atomic mass is 16.5. The van der Waals surface area contributed by atoms with Gasteiger partial charge in [-0.25, -0.2) is 4.98 Å². The summed E-state index contributed by atoms with van der Waals surface area (Å²) in [4.78, 5) is 8.76. The van der Waals surface area contributed by atoms with Crippen LogP contribution >= 0.6 is 0 Å². The van der Waals surface area contributed by atoms with E-state index in [2.05, 4.69) is 9.97 Å². The maximum absolute atomic E-state index is 5.79. The topological polar surface area (TPSA) is 66.0 Å². The van der Waals surface area contributed by atoms with Crippen LogP contribution in [0.4, 0.5) is 5.69 Å². The monoisotopic (exact) mass is 254 g/mol. The summed E-state index contributed by atoms with van der Waals surface area (Å²) in [6.07, 6.45) is 3.44. The summed E-state index contributed by atoms with van der Waals surface area (Å²) in [6, 6.07) is 7.62. The number of aryl methyl sites for hydroxylation is 1. The lowest BCUT2D eigenvalue weighted by atomic mass is 10.2. The minimum atomic E-state index is 0.709. The fourth-order valence-corrected chi connectivity index (χ4v) is 2.13. The van der Waals surface area contributed by atoms with Gasteiger partial charge in [0.2, 0.25) is 0 Å². The van der Waals surface area contributed by atoms with Crippen LogP contribution in [0.15, 0.2) is 36.7 Å². The molecule has 19 heavy (non-hydrogen) atoms. The maximum Gasteiger partial charge on any atom is 0.142 e. The van der Waals surface area contributed by atoms with E-state index in [4.69, 9.17) is 10.5 Å². The fraction of sp³-hybridized carbons (Fsp3) is 0.143. The number of ether oxygens (including phenoxy) is 1. The van der Waals surface area contributed by atoms with Gasteiger partial charge >= 0.3 is 0 Å². The molecule has 0 bridgehead atoms. The van der Waals surface area contributed by atoms with E-state index in [0.29, 0.717) is 11.4 Å². The van der Waals surface area contributed by atoms with E-state index in [9.17, 15) is 0 Å². The highest BCUT2D eigenvalue weighted by Gasteiger charge is 2.11. The largest absolute Gasteiger partial charge is 0.495 e. The summed E-state index contributed by atoms with van der Waals surface area (Å²) in [5, 5.41) is 0. The summed E-state index contributed by atoms with van der Waals surface area (Å²) in [6.45, 7) is 0. The molecule has 0 radical (unpaired) electrons. The van der Waals surface area contributed by atoms with Crippen molar-refractivity contribution in [1.82, 2.24) is 14.5 Å². The summed E-state index contributed by atoms with van der Waals surface area (Å²) >= 11 is 0. The molecule has 0 amide bonds. The van der Waals surface area contributed by atoms with Gasteiger partial charge in [0.15, 0.2) is 0 Å². The Bertz CT molecular complexity index is 748. The van der Waals surface area contributed by atoms with Crippen LogP contribution in [0, 0.1) is 0 Å². The van der Waals surface area contributed by atoms with E-state index in [0.717, 1.165) is 22.4 Å². The molecule has 2 heterocycles. The minimum absolute atomic E-state index is 0.709. The standard InChI is InChI=1S/C14H14N4O/c1-18-13-4-3-10(15)6-12(13)17-14(18)9-5-11(19-2)8-16-7-9/h3-8H,15H2,1-2H3. The number of rotatable bonds is 2. The zero-order valence-electron chi connectivity index (χ0n) is 10.8. The molecule has 0 spiro atoms. The first kappa shape index (κ1) is 11.5. The van der Waals surface area contributed by atoms with Crippen molar-refractivity contribution >= 4 is 16.7 Å². The molecule has 0 aliphatic carbocycles. The van der Waals surface area contributed by atoms with E-state index < -0.39 is 0 Å². The van der Waals surface area contributed by atoms with Gasteiger partial charge in [-0.3, -0.25) is 4.98 Å². The number of anilines is 1. The maximum atomic E-state index is 5.79. The van der Waals surface area contributed by atoms with Gasteiger partial charge in [0, 0.05) is 24.5 Å². The summed E-state index contributed by atoms with van der Waals surface area (Å²) in [7, 11) is 3.59.